The van der Waals surface area contributed by atoms with Crippen LogP contribution in [0.2, 0.25) is 0 Å². The summed E-state index contributed by atoms with van der Waals surface area (Å²) in [6.45, 7) is 0.515. The fraction of sp³-hybridized carbons (Fsp3) is 0.538. The first-order valence-electron chi connectivity index (χ1n) is 5.78. The second-order valence-corrected chi connectivity index (χ2v) is 5.30. The van der Waals surface area contributed by atoms with Gasteiger partial charge in [-0.1, -0.05) is 28.8 Å². The van der Waals surface area contributed by atoms with Gasteiger partial charge in [0.2, 0.25) is 0 Å². The zero-order valence-electron chi connectivity index (χ0n) is 9.52. The Morgan fingerprint density at radius 2 is 1.71 bits per heavy atom. The standard InChI is InChI=1S/C13H15BrF2O/c14-8-13(3-1-2-4-13)9-17-12-6-10(15)5-11(16)7-12/h5-7H,1-4,8-9H2. The van der Waals surface area contributed by atoms with Crippen LogP contribution in [0.4, 0.5) is 8.78 Å². The van der Waals surface area contributed by atoms with Crippen molar-refractivity contribution < 1.29 is 13.5 Å². The van der Waals surface area contributed by atoms with Crippen LogP contribution >= 0.6 is 15.9 Å². The summed E-state index contributed by atoms with van der Waals surface area (Å²) in [5.41, 5.74) is 0.128. The normalized spacial score (nSPS) is 18.3. The molecule has 0 aliphatic heterocycles. The molecule has 1 aromatic rings. The Balaban J connectivity index is 2.01. The predicted octanol–water partition coefficient (Wildman–Crippen LogP) is 4.30. The number of rotatable bonds is 4. The van der Waals surface area contributed by atoms with E-state index in [1.807, 2.05) is 0 Å². The number of hydrogen-bond acceptors (Lipinski definition) is 1. The van der Waals surface area contributed by atoms with Gasteiger partial charge in [-0.25, -0.2) is 8.78 Å². The monoisotopic (exact) mass is 304 g/mol. The molecule has 2 rings (SSSR count). The molecule has 0 saturated heterocycles. The van der Waals surface area contributed by atoms with E-state index in [1.165, 1.54) is 25.0 Å². The molecular formula is C13H15BrF2O. The van der Waals surface area contributed by atoms with Crippen LogP contribution in [0.1, 0.15) is 25.7 Å². The van der Waals surface area contributed by atoms with E-state index in [4.69, 9.17) is 4.74 Å². The molecule has 1 nitrogen and oxygen atoms in total. The SMILES string of the molecule is Fc1cc(F)cc(OCC2(CBr)CCCC2)c1. The van der Waals surface area contributed by atoms with Crippen LogP contribution in [0.5, 0.6) is 5.75 Å². The average molecular weight is 305 g/mol. The Hall–Kier alpha value is -0.640. The smallest absolute Gasteiger partial charge is 0.129 e. The van der Waals surface area contributed by atoms with Gasteiger partial charge in [-0.05, 0) is 12.8 Å². The van der Waals surface area contributed by atoms with E-state index in [1.54, 1.807) is 0 Å². The molecule has 0 unspecified atom stereocenters. The van der Waals surface area contributed by atoms with E-state index in [-0.39, 0.29) is 11.2 Å². The Morgan fingerprint density at radius 1 is 1.12 bits per heavy atom. The van der Waals surface area contributed by atoms with Gasteiger partial charge in [0.05, 0.1) is 6.61 Å². The summed E-state index contributed by atoms with van der Waals surface area (Å²) in [6.07, 6.45) is 4.62. The molecule has 0 atom stereocenters. The average Bonchev–Trinajstić information content (AvgIpc) is 2.74. The van der Waals surface area contributed by atoms with E-state index in [0.29, 0.717) is 6.61 Å². The molecule has 0 aromatic heterocycles. The maximum Gasteiger partial charge on any atom is 0.129 e. The van der Waals surface area contributed by atoms with Crippen LogP contribution in [-0.2, 0) is 0 Å². The Kier molecular flexibility index (Phi) is 4.02. The molecule has 1 fully saturated rings. The van der Waals surface area contributed by atoms with Gasteiger partial charge in [-0.15, -0.1) is 0 Å². The molecule has 4 heteroatoms. The number of hydrogen-bond donors (Lipinski definition) is 0. The van der Waals surface area contributed by atoms with E-state index in [9.17, 15) is 8.78 Å². The second-order valence-electron chi connectivity index (χ2n) is 4.73. The molecule has 0 N–H and O–H groups in total. The maximum atomic E-state index is 13.0. The van der Waals surface area contributed by atoms with Crippen LogP contribution in [0.25, 0.3) is 0 Å². The van der Waals surface area contributed by atoms with Crippen LogP contribution in [-0.4, -0.2) is 11.9 Å². The van der Waals surface area contributed by atoms with Crippen LogP contribution in [0.3, 0.4) is 0 Å². The first-order chi connectivity index (χ1) is 8.13. The van der Waals surface area contributed by atoms with Crippen LogP contribution < -0.4 is 4.74 Å². The number of benzene rings is 1. The van der Waals surface area contributed by atoms with Gasteiger partial charge in [0.25, 0.3) is 0 Å². The second kappa shape index (κ2) is 5.34. The maximum absolute atomic E-state index is 13.0. The number of halogens is 3. The molecule has 1 aliphatic rings. The molecule has 0 heterocycles. The van der Waals surface area contributed by atoms with E-state index < -0.39 is 11.6 Å². The summed E-state index contributed by atoms with van der Waals surface area (Å²) in [5.74, 6) is -0.923. The lowest BCUT2D eigenvalue weighted by Crippen LogP contribution is -2.27. The highest BCUT2D eigenvalue weighted by atomic mass is 79.9. The van der Waals surface area contributed by atoms with Crippen molar-refractivity contribution in [3.05, 3.63) is 29.8 Å². The van der Waals surface area contributed by atoms with Gasteiger partial charge >= 0.3 is 0 Å². The summed E-state index contributed by atoms with van der Waals surface area (Å²) in [7, 11) is 0. The van der Waals surface area contributed by atoms with Gasteiger partial charge in [0.15, 0.2) is 0 Å². The minimum absolute atomic E-state index is 0.128. The van der Waals surface area contributed by atoms with Crippen molar-refractivity contribution in [2.45, 2.75) is 25.7 Å². The molecule has 17 heavy (non-hydrogen) atoms. The zero-order chi connectivity index (χ0) is 12.3. The van der Waals surface area contributed by atoms with Crippen molar-refractivity contribution in [1.82, 2.24) is 0 Å². The molecule has 1 aliphatic carbocycles. The largest absolute Gasteiger partial charge is 0.493 e. The van der Waals surface area contributed by atoms with Crippen molar-refractivity contribution in [3.8, 4) is 5.75 Å². The van der Waals surface area contributed by atoms with Crippen molar-refractivity contribution in [2.24, 2.45) is 5.41 Å². The quantitative estimate of drug-likeness (QED) is 0.754. The third-order valence-corrected chi connectivity index (χ3v) is 4.52. The fourth-order valence-electron chi connectivity index (χ4n) is 2.29. The highest BCUT2D eigenvalue weighted by Crippen LogP contribution is 2.40. The van der Waals surface area contributed by atoms with E-state index >= 15 is 0 Å². The Labute approximate surface area is 108 Å². The van der Waals surface area contributed by atoms with Crippen molar-refractivity contribution in [3.63, 3.8) is 0 Å². The summed E-state index contributed by atoms with van der Waals surface area (Å²) < 4.78 is 31.5. The topological polar surface area (TPSA) is 9.23 Å². The third-order valence-electron chi connectivity index (χ3n) is 3.33. The fourth-order valence-corrected chi connectivity index (χ4v) is 3.01. The molecule has 0 radical (unpaired) electrons. The lowest BCUT2D eigenvalue weighted by Gasteiger charge is -2.26. The lowest BCUT2D eigenvalue weighted by molar-refractivity contribution is 0.173. The summed E-state index contributed by atoms with van der Waals surface area (Å²) in [5, 5.41) is 0.873. The first-order valence-corrected chi connectivity index (χ1v) is 6.91. The number of ether oxygens (including phenoxy) is 1. The minimum atomic E-state index is -0.598. The highest BCUT2D eigenvalue weighted by molar-refractivity contribution is 9.09. The highest BCUT2D eigenvalue weighted by Gasteiger charge is 2.33. The third kappa shape index (κ3) is 3.18. The molecule has 1 saturated carbocycles. The van der Waals surface area contributed by atoms with Crippen molar-refractivity contribution in [2.75, 3.05) is 11.9 Å². The van der Waals surface area contributed by atoms with Gasteiger partial charge in [-0.3, -0.25) is 0 Å². The molecular weight excluding hydrogens is 290 g/mol. The number of alkyl halides is 1. The van der Waals surface area contributed by atoms with Crippen molar-refractivity contribution >= 4 is 15.9 Å². The molecule has 0 amide bonds. The molecule has 94 valence electrons. The van der Waals surface area contributed by atoms with Crippen LogP contribution in [0.15, 0.2) is 18.2 Å². The Bertz CT molecular complexity index is 369. The van der Waals surface area contributed by atoms with Gasteiger partial charge in [-0.2, -0.15) is 0 Å². The van der Waals surface area contributed by atoms with E-state index in [0.717, 1.165) is 24.2 Å². The van der Waals surface area contributed by atoms with E-state index in [2.05, 4.69) is 15.9 Å². The molecule has 1 aromatic carbocycles. The lowest BCUT2D eigenvalue weighted by atomic mass is 9.90. The first kappa shape index (κ1) is 12.8. The van der Waals surface area contributed by atoms with Gasteiger partial charge in [0, 0.05) is 28.9 Å². The van der Waals surface area contributed by atoms with Gasteiger partial charge < -0.3 is 4.74 Å². The summed E-state index contributed by atoms with van der Waals surface area (Å²) in [4.78, 5) is 0. The Morgan fingerprint density at radius 3 is 2.24 bits per heavy atom. The zero-order valence-corrected chi connectivity index (χ0v) is 11.1. The summed E-state index contributed by atoms with van der Waals surface area (Å²) in [6, 6.07) is 3.29. The van der Waals surface area contributed by atoms with Gasteiger partial charge in [0.1, 0.15) is 17.4 Å². The summed E-state index contributed by atoms with van der Waals surface area (Å²) >= 11 is 3.51. The molecule has 0 bridgehead atoms. The molecule has 0 spiro atoms. The van der Waals surface area contributed by atoms with Crippen molar-refractivity contribution in [1.29, 1.82) is 0 Å². The predicted molar refractivity (Wildman–Crippen MR) is 66.5 cm³/mol. The minimum Gasteiger partial charge on any atom is -0.493 e. The van der Waals surface area contributed by atoms with Crippen LogP contribution in [0, 0.1) is 17.0 Å².